The predicted octanol–water partition coefficient (Wildman–Crippen LogP) is 0.270. The maximum Gasteiger partial charge on any atom is 0.310 e. The minimum absolute atomic E-state index is 0.358. The Hall–Kier alpha value is -1.43. The molecule has 2 N–H and O–H groups in total. The number of aliphatic carboxylic acids is 1. The highest BCUT2D eigenvalue weighted by Crippen LogP contribution is 2.13. The van der Waals surface area contributed by atoms with Crippen molar-refractivity contribution in [2.75, 3.05) is 6.54 Å². The third kappa shape index (κ3) is 2.81. The van der Waals surface area contributed by atoms with Crippen LogP contribution in [0.15, 0.2) is 10.9 Å². The number of carboxylic acids is 1. The average molecular weight is 199 g/mol. The molecule has 0 atom stereocenters. The number of rotatable bonds is 5. The van der Waals surface area contributed by atoms with E-state index in [1.165, 1.54) is 6.39 Å². The van der Waals surface area contributed by atoms with Gasteiger partial charge in [0.25, 0.3) is 0 Å². The smallest absolute Gasteiger partial charge is 0.310 e. The van der Waals surface area contributed by atoms with E-state index in [-0.39, 0.29) is 0 Å². The fourth-order valence-corrected chi connectivity index (χ4v) is 0.833. The first-order valence-electron chi connectivity index (χ1n) is 4.22. The van der Waals surface area contributed by atoms with Crippen LogP contribution in [-0.2, 0) is 11.3 Å². The zero-order chi connectivity index (χ0) is 10.6. The molecule has 0 saturated carbocycles. The highest BCUT2D eigenvalue weighted by atomic mass is 16.5. The molecule has 1 rings (SSSR count). The van der Waals surface area contributed by atoms with E-state index in [4.69, 9.17) is 5.11 Å². The molecule has 1 heterocycles. The first-order valence-corrected chi connectivity index (χ1v) is 4.22. The first kappa shape index (κ1) is 10.6. The Balaban J connectivity index is 2.31. The van der Waals surface area contributed by atoms with Crippen LogP contribution in [-0.4, -0.2) is 27.8 Å². The number of nitrogens with one attached hydrogen (secondary N) is 1. The van der Waals surface area contributed by atoms with Gasteiger partial charge in [-0.25, -0.2) is 0 Å². The van der Waals surface area contributed by atoms with Gasteiger partial charge in [-0.15, -0.1) is 0 Å². The molecule has 0 radical (unpaired) electrons. The third-order valence-corrected chi connectivity index (χ3v) is 1.84. The molecule has 6 nitrogen and oxygen atoms in total. The second-order valence-corrected chi connectivity index (χ2v) is 3.64. The van der Waals surface area contributed by atoms with Gasteiger partial charge in [0.15, 0.2) is 5.82 Å². The molecular weight excluding hydrogens is 186 g/mol. The standard InChI is InChI=1S/C8H13N3O3/c1-8(2,7(12)13)4-9-3-6-10-5-14-11-6/h5,9H,3-4H2,1-2H3,(H,12,13). The van der Waals surface area contributed by atoms with Gasteiger partial charge in [0, 0.05) is 6.54 Å². The Labute approximate surface area is 81.3 Å². The molecule has 6 heteroatoms. The summed E-state index contributed by atoms with van der Waals surface area (Å²) >= 11 is 0. The third-order valence-electron chi connectivity index (χ3n) is 1.84. The van der Waals surface area contributed by atoms with Crippen LogP contribution in [0.2, 0.25) is 0 Å². The first-order chi connectivity index (χ1) is 6.52. The van der Waals surface area contributed by atoms with Crippen LogP contribution in [0.3, 0.4) is 0 Å². The van der Waals surface area contributed by atoms with E-state index < -0.39 is 11.4 Å². The van der Waals surface area contributed by atoms with Crippen molar-refractivity contribution in [1.82, 2.24) is 15.5 Å². The fraction of sp³-hybridized carbons (Fsp3) is 0.625. The molecule has 0 aliphatic heterocycles. The molecule has 0 fully saturated rings. The minimum Gasteiger partial charge on any atom is -0.481 e. The molecule has 0 spiro atoms. The van der Waals surface area contributed by atoms with Gasteiger partial charge in [-0.3, -0.25) is 4.79 Å². The van der Waals surface area contributed by atoms with E-state index >= 15 is 0 Å². The van der Waals surface area contributed by atoms with E-state index in [2.05, 4.69) is 20.0 Å². The normalized spacial score (nSPS) is 11.6. The fourth-order valence-electron chi connectivity index (χ4n) is 0.833. The number of aromatic nitrogens is 2. The van der Waals surface area contributed by atoms with E-state index in [0.29, 0.717) is 18.9 Å². The molecule has 0 aromatic carbocycles. The Morgan fingerprint density at radius 1 is 1.71 bits per heavy atom. The summed E-state index contributed by atoms with van der Waals surface area (Å²) in [7, 11) is 0. The molecule has 0 unspecified atom stereocenters. The van der Waals surface area contributed by atoms with Crippen LogP contribution >= 0.6 is 0 Å². The lowest BCUT2D eigenvalue weighted by Crippen LogP contribution is -2.35. The van der Waals surface area contributed by atoms with Gasteiger partial charge in [-0.05, 0) is 13.8 Å². The van der Waals surface area contributed by atoms with Crippen molar-refractivity contribution in [3.05, 3.63) is 12.2 Å². The Morgan fingerprint density at radius 2 is 2.43 bits per heavy atom. The summed E-state index contributed by atoms with van der Waals surface area (Å²) in [5.74, 6) is -0.315. The van der Waals surface area contributed by atoms with Gasteiger partial charge in [0.1, 0.15) is 0 Å². The summed E-state index contributed by atoms with van der Waals surface area (Å²) in [5, 5.41) is 15.3. The molecule has 1 aromatic rings. The number of hydrogen-bond acceptors (Lipinski definition) is 5. The van der Waals surface area contributed by atoms with Crippen molar-refractivity contribution >= 4 is 5.97 Å². The zero-order valence-electron chi connectivity index (χ0n) is 8.15. The van der Waals surface area contributed by atoms with Crippen LogP contribution < -0.4 is 5.32 Å². The maximum absolute atomic E-state index is 10.7. The van der Waals surface area contributed by atoms with Gasteiger partial charge in [-0.2, -0.15) is 4.98 Å². The van der Waals surface area contributed by atoms with Crippen molar-refractivity contribution in [3.63, 3.8) is 0 Å². The summed E-state index contributed by atoms with van der Waals surface area (Å²) in [6.07, 6.45) is 1.24. The average Bonchev–Trinajstić information content (AvgIpc) is 2.56. The Kier molecular flexibility index (Phi) is 3.19. The molecule has 14 heavy (non-hydrogen) atoms. The molecule has 0 aliphatic rings. The summed E-state index contributed by atoms with van der Waals surface area (Å²) in [5.41, 5.74) is -0.788. The molecule has 0 amide bonds. The van der Waals surface area contributed by atoms with Crippen LogP contribution in [0.4, 0.5) is 0 Å². The maximum atomic E-state index is 10.7. The highest BCUT2D eigenvalue weighted by Gasteiger charge is 2.26. The Morgan fingerprint density at radius 3 is 2.93 bits per heavy atom. The van der Waals surface area contributed by atoms with Crippen LogP contribution in [0, 0.1) is 5.41 Å². The second-order valence-electron chi connectivity index (χ2n) is 3.64. The lowest BCUT2D eigenvalue weighted by atomic mass is 9.94. The van der Waals surface area contributed by atoms with Gasteiger partial charge in [0.05, 0.1) is 12.0 Å². The summed E-state index contributed by atoms with van der Waals surface area (Å²) < 4.78 is 4.53. The largest absolute Gasteiger partial charge is 0.481 e. The lowest BCUT2D eigenvalue weighted by Gasteiger charge is -2.18. The quantitative estimate of drug-likeness (QED) is 0.707. The molecule has 78 valence electrons. The number of carboxylic acid groups (broad SMARTS) is 1. The second kappa shape index (κ2) is 4.19. The molecule has 1 aromatic heterocycles. The van der Waals surface area contributed by atoms with E-state index in [1.807, 2.05) is 0 Å². The van der Waals surface area contributed by atoms with Crippen LogP contribution in [0.1, 0.15) is 19.7 Å². The van der Waals surface area contributed by atoms with Gasteiger partial charge >= 0.3 is 5.97 Å². The predicted molar refractivity (Wildman–Crippen MR) is 47.4 cm³/mol. The van der Waals surface area contributed by atoms with Crippen molar-refractivity contribution in [1.29, 1.82) is 0 Å². The summed E-state index contributed by atoms with van der Waals surface area (Å²) in [4.78, 5) is 14.5. The molecule has 0 bridgehead atoms. The summed E-state index contributed by atoms with van der Waals surface area (Å²) in [6, 6.07) is 0. The van der Waals surface area contributed by atoms with Crippen LogP contribution in [0.5, 0.6) is 0 Å². The van der Waals surface area contributed by atoms with Crippen molar-refractivity contribution in [2.24, 2.45) is 5.41 Å². The SMILES string of the molecule is CC(C)(CNCc1ncon1)C(=O)O. The van der Waals surface area contributed by atoms with E-state index in [9.17, 15) is 4.79 Å². The van der Waals surface area contributed by atoms with Crippen LogP contribution in [0.25, 0.3) is 0 Å². The van der Waals surface area contributed by atoms with E-state index in [1.54, 1.807) is 13.8 Å². The topological polar surface area (TPSA) is 88.3 Å². The number of hydrogen-bond donors (Lipinski definition) is 2. The Bertz CT molecular complexity index is 295. The summed E-state index contributed by atoms with van der Waals surface area (Å²) in [6.45, 7) is 4.07. The molecule has 0 saturated heterocycles. The lowest BCUT2D eigenvalue weighted by molar-refractivity contribution is -0.146. The molecule has 0 aliphatic carbocycles. The van der Waals surface area contributed by atoms with Gasteiger partial charge in [-0.1, -0.05) is 5.16 Å². The van der Waals surface area contributed by atoms with Gasteiger partial charge in [0.2, 0.25) is 6.39 Å². The van der Waals surface area contributed by atoms with Gasteiger partial charge < -0.3 is 14.9 Å². The van der Waals surface area contributed by atoms with Crippen molar-refractivity contribution in [2.45, 2.75) is 20.4 Å². The van der Waals surface area contributed by atoms with Crippen molar-refractivity contribution in [3.8, 4) is 0 Å². The monoisotopic (exact) mass is 199 g/mol. The van der Waals surface area contributed by atoms with E-state index in [0.717, 1.165) is 0 Å². The molecular formula is C8H13N3O3. The number of carbonyl (C=O) groups is 1. The van der Waals surface area contributed by atoms with Crippen molar-refractivity contribution < 1.29 is 14.4 Å². The number of nitrogens with zero attached hydrogens (tertiary/aromatic N) is 2. The minimum atomic E-state index is -0.835. The zero-order valence-corrected chi connectivity index (χ0v) is 8.15. The highest BCUT2D eigenvalue weighted by molar-refractivity contribution is 5.73.